The molecule has 1 aliphatic rings. The quantitative estimate of drug-likeness (QED) is 0.128. The Morgan fingerprint density at radius 1 is 1.07 bits per heavy atom. The first-order valence-corrected chi connectivity index (χ1v) is 13.6. The maximum atomic E-state index is 13.4. The molecule has 1 atom stereocenters. The van der Waals surface area contributed by atoms with Crippen molar-refractivity contribution in [3.05, 3.63) is 97.1 Å². The van der Waals surface area contributed by atoms with E-state index in [0.29, 0.717) is 23.5 Å². The Bertz CT molecular complexity index is 2200. The highest BCUT2D eigenvalue weighted by Gasteiger charge is 2.27. The van der Waals surface area contributed by atoms with Crippen LogP contribution in [0.2, 0.25) is 0 Å². The number of nitrogens with zero attached hydrogens (tertiary/aromatic N) is 7. The van der Waals surface area contributed by atoms with E-state index in [2.05, 4.69) is 51.9 Å². The molecule has 0 saturated carbocycles. The summed E-state index contributed by atoms with van der Waals surface area (Å²) in [5.74, 6) is -1.25. The number of H-pyrrole nitrogens is 1. The summed E-state index contributed by atoms with van der Waals surface area (Å²) in [5.41, 5.74) is 7.60. The van der Waals surface area contributed by atoms with E-state index >= 15 is 0 Å². The number of nitrogen functional groups attached to an aromatic ring is 1. The van der Waals surface area contributed by atoms with Gasteiger partial charge in [0.25, 0.3) is 28.6 Å². The van der Waals surface area contributed by atoms with Crippen LogP contribution < -0.4 is 32.5 Å². The Morgan fingerprint density at radius 3 is 2.73 bits per heavy atom. The number of aryl methyl sites for hydroxylation is 1. The van der Waals surface area contributed by atoms with Gasteiger partial charge >= 0.3 is 0 Å². The van der Waals surface area contributed by atoms with E-state index in [4.69, 9.17) is 5.73 Å². The average molecular weight is 607 g/mol. The zero-order valence-corrected chi connectivity index (χ0v) is 23.1. The van der Waals surface area contributed by atoms with Crippen LogP contribution in [-0.4, -0.2) is 57.4 Å². The number of amides is 2. The number of nitrogens with one attached hydrogen (secondary N) is 4. The normalized spacial score (nSPS) is 14.0. The molecule has 7 rings (SSSR count). The molecule has 0 radical (unpaired) electrons. The first kappa shape index (κ1) is 27.3. The van der Waals surface area contributed by atoms with Gasteiger partial charge in [0.05, 0.1) is 6.04 Å². The molecule has 17 heteroatoms. The number of benzene rings is 2. The first-order valence-electron chi connectivity index (χ1n) is 13.6. The number of rotatable bonds is 8. The molecular formula is C28H22N12O5. The number of carbonyl (C=O) groups excluding carboxylic acids is 2. The number of aromatic hydroxyl groups is 1. The molecule has 6 aromatic rings. The Morgan fingerprint density at radius 2 is 1.93 bits per heavy atom. The van der Waals surface area contributed by atoms with Gasteiger partial charge in [-0.15, -0.1) is 10.2 Å². The lowest BCUT2D eigenvalue weighted by Crippen LogP contribution is -2.36. The van der Waals surface area contributed by atoms with Crippen molar-refractivity contribution >= 4 is 34.5 Å². The molecular weight excluding hydrogens is 584 g/mol. The van der Waals surface area contributed by atoms with Crippen LogP contribution in [0.1, 0.15) is 50.1 Å². The molecule has 224 valence electrons. The Hall–Kier alpha value is -6.52. The summed E-state index contributed by atoms with van der Waals surface area (Å²) in [6.45, 7) is 0.0481. The van der Waals surface area contributed by atoms with Crippen LogP contribution in [0.15, 0.2) is 58.1 Å². The number of tetrazole rings is 1. The van der Waals surface area contributed by atoms with E-state index in [0.717, 1.165) is 27.6 Å². The summed E-state index contributed by atoms with van der Waals surface area (Å²) >= 11 is 0. The lowest BCUT2D eigenvalue weighted by Gasteiger charge is -2.15. The minimum Gasteiger partial charge on any atom is -0.489 e. The van der Waals surface area contributed by atoms with Crippen molar-refractivity contribution < 1.29 is 14.7 Å². The highest BCUT2D eigenvalue weighted by Crippen LogP contribution is 2.33. The van der Waals surface area contributed by atoms with Gasteiger partial charge in [-0.3, -0.25) is 19.2 Å². The molecule has 45 heavy (non-hydrogen) atoms. The van der Waals surface area contributed by atoms with E-state index in [1.165, 1.54) is 6.07 Å². The van der Waals surface area contributed by atoms with Gasteiger partial charge in [0, 0.05) is 23.9 Å². The van der Waals surface area contributed by atoms with Crippen LogP contribution in [0.25, 0.3) is 17.0 Å². The maximum Gasteiger partial charge on any atom is 0.278 e. The van der Waals surface area contributed by atoms with Gasteiger partial charge in [-0.1, -0.05) is 34.6 Å². The van der Waals surface area contributed by atoms with Gasteiger partial charge in [0.1, 0.15) is 22.8 Å². The van der Waals surface area contributed by atoms with Crippen LogP contribution in [0, 0.1) is 0 Å². The standard InChI is InChI=1S/C28H22N12O5/c29-20-21(23(42)22(20)41)31-15-3-1-2-12(8-15)11-30-27(44)19-10-18(32-25-28(45)36-39-40(19)25)26(43)33-17-7-5-13-9-14(4-6-16(13)17)24-34-37-38-35-24/h1-4,6,8-10,17,31,45H,5,7,11,29H2,(H,30,44)(H,33,43)(H,34,35,37,38)/t17-/m0/s1. The minimum atomic E-state index is -0.736. The number of hydrogen-bond acceptors (Lipinski definition) is 13. The number of anilines is 3. The van der Waals surface area contributed by atoms with Gasteiger partial charge < -0.3 is 26.8 Å². The monoisotopic (exact) mass is 606 g/mol. The van der Waals surface area contributed by atoms with Gasteiger partial charge in [-0.05, 0) is 52.9 Å². The molecule has 17 nitrogen and oxygen atoms in total. The fourth-order valence-corrected chi connectivity index (χ4v) is 5.28. The van der Waals surface area contributed by atoms with Crippen LogP contribution >= 0.6 is 0 Å². The van der Waals surface area contributed by atoms with Crippen molar-refractivity contribution in [2.75, 3.05) is 11.1 Å². The topological polar surface area (TPSA) is 248 Å². The number of aromatic nitrogens is 8. The Balaban J connectivity index is 1.08. The summed E-state index contributed by atoms with van der Waals surface area (Å²) in [6, 6.07) is 13.5. The SMILES string of the molecule is Nc1c(Nc2cccc(CNC(=O)c3cc(C(=O)N[C@H]4CCc5cc(-c6nn[nH]n6)ccc54)nc4c(O)nnn34)c2)c(=O)c1=O. The lowest BCUT2D eigenvalue weighted by molar-refractivity contribution is 0.0931. The zero-order chi connectivity index (χ0) is 31.2. The fraction of sp³-hybridized carbons (Fsp3) is 0.143. The predicted molar refractivity (Wildman–Crippen MR) is 157 cm³/mol. The summed E-state index contributed by atoms with van der Waals surface area (Å²) < 4.78 is 1.04. The summed E-state index contributed by atoms with van der Waals surface area (Å²) in [7, 11) is 0. The van der Waals surface area contributed by atoms with Crippen molar-refractivity contribution in [3.8, 4) is 17.3 Å². The molecule has 0 fully saturated rings. The van der Waals surface area contributed by atoms with Crippen molar-refractivity contribution in [2.24, 2.45) is 0 Å². The number of carbonyl (C=O) groups is 2. The molecule has 2 amide bonds. The zero-order valence-electron chi connectivity index (χ0n) is 23.1. The molecule has 3 aromatic carbocycles. The second-order valence-electron chi connectivity index (χ2n) is 10.3. The van der Waals surface area contributed by atoms with E-state index in [1.54, 1.807) is 24.3 Å². The second-order valence-corrected chi connectivity index (χ2v) is 10.3. The smallest absolute Gasteiger partial charge is 0.278 e. The van der Waals surface area contributed by atoms with E-state index in [1.807, 2.05) is 18.2 Å². The molecule has 3 heterocycles. The Kier molecular flexibility index (Phi) is 6.46. The number of hydrogen-bond donors (Lipinski definition) is 6. The molecule has 1 aliphatic carbocycles. The third-order valence-corrected chi connectivity index (χ3v) is 7.55. The maximum absolute atomic E-state index is 13.4. The fourth-order valence-electron chi connectivity index (χ4n) is 5.28. The highest BCUT2D eigenvalue weighted by molar-refractivity contribution is 5.98. The summed E-state index contributed by atoms with van der Waals surface area (Å²) in [6.07, 6.45) is 1.36. The van der Waals surface area contributed by atoms with Crippen molar-refractivity contribution in [3.63, 3.8) is 0 Å². The molecule has 3 aromatic heterocycles. The molecule has 0 saturated heterocycles. The van der Waals surface area contributed by atoms with Crippen molar-refractivity contribution in [1.29, 1.82) is 0 Å². The number of aromatic amines is 1. The van der Waals surface area contributed by atoms with Gasteiger partial charge in [-0.2, -0.15) is 9.73 Å². The van der Waals surface area contributed by atoms with Gasteiger partial charge in [0.15, 0.2) is 0 Å². The van der Waals surface area contributed by atoms with Crippen LogP contribution in [0.3, 0.4) is 0 Å². The highest BCUT2D eigenvalue weighted by atomic mass is 16.3. The van der Waals surface area contributed by atoms with Crippen LogP contribution in [0.4, 0.5) is 17.1 Å². The van der Waals surface area contributed by atoms with Crippen LogP contribution in [-0.2, 0) is 13.0 Å². The number of fused-ring (bicyclic) bond motifs is 2. The predicted octanol–water partition coefficient (Wildman–Crippen LogP) is 0.279. The number of nitrogens with two attached hydrogens (primary N) is 1. The second kappa shape index (κ2) is 10.6. The van der Waals surface area contributed by atoms with Crippen molar-refractivity contribution in [1.82, 2.24) is 51.1 Å². The third kappa shape index (κ3) is 4.86. The first-order chi connectivity index (χ1) is 21.8. The summed E-state index contributed by atoms with van der Waals surface area (Å²) in [5, 5.41) is 40.2. The largest absolute Gasteiger partial charge is 0.489 e. The summed E-state index contributed by atoms with van der Waals surface area (Å²) in [4.78, 5) is 54.0. The lowest BCUT2D eigenvalue weighted by atomic mass is 10.0. The molecule has 0 spiro atoms. The molecule has 0 unspecified atom stereocenters. The molecule has 0 bridgehead atoms. The third-order valence-electron chi connectivity index (χ3n) is 7.55. The van der Waals surface area contributed by atoms with Crippen LogP contribution in [0.5, 0.6) is 5.88 Å². The average Bonchev–Trinajstić information content (AvgIpc) is 3.83. The van der Waals surface area contributed by atoms with E-state index < -0.39 is 28.6 Å². The minimum absolute atomic E-state index is 0.0202. The molecule has 7 N–H and O–H groups in total. The van der Waals surface area contributed by atoms with E-state index in [-0.39, 0.29) is 41.0 Å². The van der Waals surface area contributed by atoms with Crippen molar-refractivity contribution in [2.45, 2.75) is 25.4 Å². The van der Waals surface area contributed by atoms with Gasteiger partial charge in [-0.25, -0.2) is 4.98 Å². The van der Waals surface area contributed by atoms with E-state index in [9.17, 15) is 24.3 Å². The van der Waals surface area contributed by atoms with Gasteiger partial charge in [0.2, 0.25) is 11.5 Å². The Labute approximate surface area is 251 Å². The molecule has 0 aliphatic heterocycles.